The van der Waals surface area contributed by atoms with Crippen molar-refractivity contribution in [1.82, 2.24) is 0 Å². The Hall–Kier alpha value is -2.36. The number of anilines is 2. The van der Waals surface area contributed by atoms with Gasteiger partial charge in [-0.1, -0.05) is 24.3 Å². The minimum absolute atomic E-state index is 0.200. The first-order valence-electron chi connectivity index (χ1n) is 7.05. The van der Waals surface area contributed by atoms with Gasteiger partial charge in [-0.05, 0) is 49.1 Å². The molecule has 0 saturated heterocycles. The molecule has 1 unspecified atom stereocenters. The lowest BCUT2D eigenvalue weighted by molar-refractivity contribution is -0.117. The van der Waals surface area contributed by atoms with Gasteiger partial charge in [-0.15, -0.1) is 0 Å². The molecule has 2 aromatic rings. The molecule has 108 valence electrons. The van der Waals surface area contributed by atoms with E-state index < -0.39 is 5.82 Å². The Kier molecular flexibility index (Phi) is 3.60. The number of benzene rings is 2. The van der Waals surface area contributed by atoms with Gasteiger partial charge >= 0.3 is 0 Å². The first-order valence-corrected chi connectivity index (χ1v) is 7.05. The molecular formula is C17H17FN2O. The molecular weight excluding hydrogens is 267 g/mol. The third-order valence-corrected chi connectivity index (χ3v) is 3.75. The fourth-order valence-corrected chi connectivity index (χ4v) is 2.59. The summed E-state index contributed by atoms with van der Waals surface area (Å²) >= 11 is 0. The van der Waals surface area contributed by atoms with E-state index in [-0.39, 0.29) is 17.6 Å². The van der Waals surface area contributed by atoms with Crippen molar-refractivity contribution >= 4 is 17.3 Å². The summed E-state index contributed by atoms with van der Waals surface area (Å²) in [6, 6.07) is 12.3. The van der Waals surface area contributed by atoms with E-state index in [9.17, 15) is 9.18 Å². The molecule has 3 nitrogen and oxygen atoms in total. The van der Waals surface area contributed by atoms with E-state index >= 15 is 0 Å². The van der Waals surface area contributed by atoms with Gasteiger partial charge in [0.15, 0.2) is 0 Å². The standard InChI is InChI=1S/C17H17FN2O/c1-11-6-8-13(18)16(10-11)20-17(21)15-9-7-12-4-2-3-5-14(12)19-15/h2-6,8,10,15,19H,7,9H2,1H3,(H,20,21). The van der Waals surface area contributed by atoms with Crippen molar-refractivity contribution in [3.05, 3.63) is 59.4 Å². The average Bonchev–Trinajstić information content (AvgIpc) is 2.50. The molecule has 4 heteroatoms. The minimum atomic E-state index is -0.412. The van der Waals surface area contributed by atoms with E-state index in [0.29, 0.717) is 6.42 Å². The summed E-state index contributed by atoms with van der Waals surface area (Å²) in [7, 11) is 0. The Bertz CT molecular complexity index is 684. The number of hydrogen-bond donors (Lipinski definition) is 2. The van der Waals surface area contributed by atoms with Gasteiger partial charge in [-0.3, -0.25) is 4.79 Å². The predicted octanol–water partition coefficient (Wildman–Crippen LogP) is 3.50. The lowest BCUT2D eigenvalue weighted by Crippen LogP contribution is -2.37. The lowest BCUT2D eigenvalue weighted by atomic mass is 9.97. The fourth-order valence-electron chi connectivity index (χ4n) is 2.59. The van der Waals surface area contributed by atoms with Crippen LogP contribution in [0.5, 0.6) is 0 Å². The Labute approximate surface area is 123 Å². The van der Waals surface area contributed by atoms with Crippen LogP contribution >= 0.6 is 0 Å². The average molecular weight is 284 g/mol. The van der Waals surface area contributed by atoms with Gasteiger partial charge in [-0.2, -0.15) is 0 Å². The number of rotatable bonds is 2. The first kappa shape index (κ1) is 13.6. The highest BCUT2D eigenvalue weighted by Gasteiger charge is 2.24. The number of amides is 1. The highest BCUT2D eigenvalue weighted by atomic mass is 19.1. The smallest absolute Gasteiger partial charge is 0.246 e. The van der Waals surface area contributed by atoms with Crippen LogP contribution in [0.4, 0.5) is 15.8 Å². The van der Waals surface area contributed by atoms with E-state index in [1.54, 1.807) is 12.1 Å². The molecule has 3 rings (SSSR count). The predicted molar refractivity (Wildman–Crippen MR) is 81.9 cm³/mol. The molecule has 0 saturated carbocycles. The molecule has 2 N–H and O–H groups in total. The Morgan fingerprint density at radius 2 is 2.10 bits per heavy atom. The van der Waals surface area contributed by atoms with E-state index in [2.05, 4.69) is 16.7 Å². The second kappa shape index (κ2) is 5.56. The third kappa shape index (κ3) is 2.89. The molecule has 1 atom stereocenters. The van der Waals surface area contributed by atoms with Crippen LogP contribution in [0.1, 0.15) is 17.5 Å². The van der Waals surface area contributed by atoms with E-state index in [4.69, 9.17) is 0 Å². The third-order valence-electron chi connectivity index (χ3n) is 3.75. The Morgan fingerprint density at radius 1 is 1.29 bits per heavy atom. The van der Waals surface area contributed by atoms with Gasteiger partial charge in [0.1, 0.15) is 11.9 Å². The highest BCUT2D eigenvalue weighted by Crippen LogP contribution is 2.25. The minimum Gasteiger partial charge on any atom is -0.373 e. The number of fused-ring (bicyclic) bond motifs is 1. The van der Waals surface area contributed by atoms with Crippen LogP contribution in [-0.2, 0) is 11.2 Å². The summed E-state index contributed by atoms with van der Waals surface area (Å²) in [5, 5.41) is 5.89. The molecule has 0 fully saturated rings. The maximum Gasteiger partial charge on any atom is 0.246 e. The summed E-state index contributed by atoms with van der Waals surface area (Å²) in [4.78, 5) is 12.3. The normalized spacial score (nSPS) is 16.8. The lowest BCUT2D eigenvalue weighted by Gasteiger charge is -2.26. The fraction of sp³-hybridized carbons (Fsp3) is 0.235. The van der Waals surface area contributed by atoms with Crippen molar-refractivity contribution in [2.45, 2.75) is 25.8 Å². The van der Waals surface area contributed by atoms with Crippen molar-refractivity contribution in [2.75, 3.05) is 10.6 Å². The van der Waals surface area contributed by atoms with Gasteiger partial charge in [0.05, 0.1) is 5.69 Å². The molecule has 1 aliphatic heterocycles. The van der Waals surface area contributed by atoms with Crippen molar-refractivity contribution < 1.29 is 9.18 Å². The number of aryl methyl sites for hydroxylation is 2. The SMILES string of the molecule is Cc1ccc(F)c(NC(=O)C2CCc3ccccc3N2)c1. The highest BCUT2D eigenvalue weighted by molar-refractivity contribution is 5.97. The van der Waals surface area contributed by atoms with Crippen molar-refractivity contribution in [2.24, 2.45) is 0 Å². The monoisotopic (exact) mass is 284 g/mol. The molecule has 1 heterocycles. The van der Waals surface area contributed by atoms with Gasteiger partial charge < -0.3 is 10.6 Å². The number of para-hydroxylation sites is 1. The van der Waals surface area contributed by atoms with Crippen LogP contribution in [0, 0.1) is 12.7 Å². The molecule has 1 amide bonds. The molecule has 0 aliphatic carbocycles. The summed E-state index contributed by atoms with van der Waals surface area (Å²) in [5.41, 5.74) is 3.34. The first-order chi connectivity index (χ1) is 10.1. The second-order valence-electron chi connectivity index (χ2n) is 5.37. The van der Waals surface area contributed by atoms with Crippen LogP contribution < -0.4 is 10.6 Å². The zero-order valence-electron chi connectivity index (χ0n) is 11.8. The quantitative estimate of drug-likeness (QED) is 0.886. The van der Waals surface area contributed by atoms with E-state index in [1.165, 1.54) is 11.6 Å². The topological polar surface area (TPSA) is 41.1 Å². The van der Waals surface area contributed by atoms with Crippen LogP contribution in [0.2, 0.25) is 0 Å². The number of carbonyl (C=O) groups is 1. The van der Waals surface area contributed by atoms with Crippen LogP contribution in [0.25, 0.3) is 0 Å². The summed E-state index contributed by atoms with van der Waals surface area (Å²) < 4.78 is 13.7. The van der Waals surface area contributed by atoms with E-state index in [0.717, 1.165) is 17.7 Å². The number of nitrogens with one attached hydrogen (secondary N) is 2. The molecule has 2 aromatic carbocycles. The largest absolute Gasteiger partial charge is 0.373 e. The van der Waals surface area contributed by atoms with Crippen molar-refractivity contribution in [3.8, 4) is 0 Å². The van der Waals surface area contributed by atoms with Crippen LogP contribution in [-0.4, -0.2) is 11.9 Å². The number of halogens is 1. The van der Waals surface area contributed by atoms with Gasteiger partial charge in [0.2, 0.25) is 5.91 Å². The second-order valence-corrected chi connectivity index (χ2v) is 5.37. The molecule has 0 spiro atoms. The van der Waals surface area contributed by atoms with E-state index in [1.807, 2.05) is 25.1 Å². The van der Waals surface area contributed by atoms with Gasteiger partial charge in [0.25, 0.3) is 0 Å². The number of carbonyl (C=O) groups excluding carboxylic acids is 1. The molecule has 0 radical (unpaired) electrons. The molecule has 0 aromatic heterocycles. The van der Waals surface area contributed by atoms with Crippen molar-refractivity contribution in [3.63, 3.8) is 0 Å². The molecule has 21 heavy (non-hydrogen) atoms. The molecule has 0 bridgehead atoms. The summed E-state index contributed by atoms with van der Waals surface area (Å²) in [6.07, 6.45) is 1.55. The Morgan fingerprint density at radius 3 is 2.95 bits per heavy atom. The Balaban J connectivity index is 1.74. The van der Waals surface area contributed by atoms with Gasteiger partial charge in [-0.25, -0.2) is 4.39 Å². The summed E-state index contributed by atoms with van der Waals surface area (Å²) in [6.45, 7) is 1.87. The van der Waals surface area contributed by atoms with Crippen molar-refractivity contribution in [1.29, 1.82) is 0 Å². The summed E-state index contributed by atoms with van der Waals surface area (Å²) in [5.74, 6) is -0.612. The number of hydrogen-bond acceptors (Lipinski definition) is 2. The maximum atomic E-state index is 13.7. The maximum absolute atomic E-state index is 13.7. The zero-order chi connectivity index (χ0) is 14.8. The zero-order valence-corrected chi connectivity index (χ0v) is 11.8. The van der Waals surface area contributed by atoms with Crippen LogP contribution in [0.3, 0.4) is 0 Å². The molecule has 1 aliphatic rings. The van der Waals surface area contributed by atoms with Crippen LogP contribution in [0.15, 0.2) is 42.5 Å². The van der Waals surface area contributed by atoms with Gasteiger partial charge in [0, 0.05) is 5.69 Å².